The Bertz CT molecular complexity index is 879. The third kappa shape index (κ3) is 6.22. The molecule has 1 aromatic carbocycles. The third-order valence-corrected chi connectivity index (χ3v) is 6.40. The molecule has 1 heterocycles. The van der Waals surface area contributed by atoms with Crippen molar-refractivity contribution in [3.63, 3.8) is 0 Å². The van der Waals surface area contributed by atoms with Gasteiger partial charge in [0.25, 0.3) is 5.91 Å². The maximum Gasteiger partial charge on any atom is 0.344 e. The largest absolute Gasteiger partial charge is 0.493 e. The summed E-state index contributed by atoms with van der Waals surface area (Å²) >= 11 is 0. The molecule has 0 spiro atoms. The van der Waals surface area contributed by atoms with Crippen LogP contribution in [0, 0.1) is 0 Å². The van der Waals surface area contributed by atoms with Crippen LogP contribution in [-0.2, 0) is 24.2 Å². The monoisotopic (exact) mass is 425 g/mol. The maximum atomic E-state index is 12.4. The molecule has 2 atom stereocenters. The molecule has 160 valence electrons. The van der Waals surface area contributed by atoms with Gasteiger partial charge in [-0.05, 0) is 38.0 Å². The van der Waals surface area contributed by atoms with E-state index in [2.05, 4.69) is 0 Å². The standard InChI is InChI=1S/C20H27NO7S/c1-5-6-15-7-8-17(18(11-15)26-4)27-12-19(22)28-14(2)20(23)21(3)16-9-10-29(24,25)13-16/h5-8,11,14,16H,9-10,12-13H2,1-4H3/b6-5+/t14-,16+/m1/s1. The number of hydrogen-bond donors (Lipinski definition) is 0. The molecule has 0 bridgehead atoms. The first-order chi connectivity index (χ1) is 13.7. The summed E-state index contributed by atoms with van der Waals surface area (Å²) in [6.07, 6.45) is 3.14. The van der Waals surface area contributed by atoms with Crippen LogP contribution >= 0.6 is 0 Å². The number of rotatable bonds is 8. The normalized spacial score (nSPS) is 19.0. The summed E-state index contributed by atoms with van der Waals surface area (Å²) < 4.78 is 39.1. The summed E-state index contributed by atoms with van der Waals surface area (Å²) in [7, 11) is -0.0938. The molecule has 0 aliphatic carbocycles. The van der Waals surface area contributed by atoms with Gasteiger partial charge in [0, 0.05) is 13.1 Å². The molecule has 9 heteroatoms. The number of esters is 1. The van der Waals surface area contributed by atoms with Crippen LogP contribution in [-0.4, -0.2) is 69.6 Å². The lowest BCUT2D eigenvalue weighted by Gasteiger charge is -2.26. The number of methoxy groups -OCH3 is 1. The zero-order valence-electron chi connectivity index (χ0n) is 17.1. The van der Waals surface area contributed by atoms with Crippen molar-refractivity contribution in [3.8, 4) is 11.5 Å². The third-order valence-electron chi connectivity index (χ3n) is 4.65. The highest BCUT2D eigenvalue weighted by Gasteiger charge is 2.34. The van der Waals surface area contributed by atoms with Gasteiger partial charge in [-0.15, -0.1) is 0 Å². The maximum absolute atomic E-state index is 12.4. The Balaban J connectivity index is 1.89. The van der Waals surface area contributed by atoms with Crippen LogP contribution in [0.15, 0.2) is 24.3 Å². The predicted molar refractivity (Wildman–Crippen MR) is 109 cm³/mol. The molecule has 1 amide bonds. The molecular formula is C20H27NO7S. The van der Waals surface area contributed by atoms with Gasteiger partial charge in [0.05, 0.1) is 18.6 Å². The minimum Gasteiger partial charge on any atom is -0.493 e. The quantitative estimate of drug-likeness (QED) is 0.584. The molecule has 0 aromatic heterocycles. The van der Waals surface area contributed by atoms with E-state index >= 15 is 0 Å². The Morgan fingerprint density at radius 3 is 2.62 bits per heavy atom. The number of ether oxygens (including phenoxy) is 3. The van der Waals surface area contributed by atoms with Crippen LogP contribution in [0.1, 0.15) is 25.8 Å². The molecule has 8 nitrogen and oxygen atoms in total. The molecular weight excluding hydrogens is 398 g/mol. The molecule has 0 radical (unpaired) electrons. The number of carbonyl (C=O) groups is 2. The second-order valence-corrected chi connectivity index (χ2v) is 9.07. The van der Waals surface area contributed by atoms with Gasteiger partial charge in [0.15, 0.2) is 34.0 Å². The predicted octanol–water partition coefficient (Wildman–Crippen LogP) is 1.68. The van der Waals surface area contributed by atoms with Gasteiger partial charge in [0.2, 0.25) is 0 Å². The SMILES string of the molecule is C/C=C/c1ccc(OCC(=O)O[C@H](C)C(=O)N(C)[C@H]2CCS(=O)(=O)C2)c(OC)c1. The van der Waals surface area contributed by atoms with Gasteiger partial charge >= 0.3 is 5.97 Å². The van der Waals surface area contributed by atoms with E-state index in [1.165, 1.54) is 26.0 Å². The summed E-state index contributed by atoms with van der Waals surface area (Å²) in [6, 6.07) is 4.88. The topological polar surface area (TPSA) is 99.2 Å². The minimum atomic E-state index is -3.11. The van der Waals surface area contributed by atoms with Crippen molar-refractivity contribution >= 4 is 27.8 Å². The first-order valence-corrected chi connectivity index (χ1v) is 11.1. The highest BCUT2D eigenvalue weighted by molar-refractivity contribution is 7.91. The van der Waals surface area contributed by atoms with E-state index in [0.29, 0.717) is 17.9 Å². The van der Waals surface area contributed by atoms with E-state index in [4.69, 9.17) is 14.2 Å². The number of likely N-dealkylation sites (N-methyl/N-ethyl adjacent to an activating group) is 1. The van der Waals surface area contributed by atoms with Crippen molar-refractivity contribution in [3.05, 3.63) is 29.8 Å². The number of nitrogens with zero attached hydrogens (tertiary/aromatic N) is 1. The fourth-order valence-electron chi connectivity index (χ4n) is 3.07. The Labute approximate surface area is 171 Å². The Morgan fingerprint density at radius 1 is 1.31 bits per heavy atom. The first-order valence-electron chi connectivity index (χ1n) is 9.27. The van der Waals surface area contributed by atoms with Crippen molar-refractivity contribution in [2.24, 2.45) is 0 Å². The second kappa shape index (κ2) is 9.78. The van der Waals surface area contributed by atoms with Crippen molar-refractivity contribution < 1.29 is 32.2 Å². The van der Waals surface area contributed by atoms with Crippen molar-refractivity contribution in [2.75, 3.05) is 32.3 Å². The zero-order valence-corrected chi connectivity index (χ0v) is 17.9. The highest BCUT2D eigenvalue weighted by Crippen LogP contribution is 2.28. The first kappa shape index (κ1) is 22.7. The van der Waals surface area contributed by atoms with E-state index in [-0.39, 0.29) is 11.5 Å². The van der Waals surface area contributed by atoms with Crippen LogP contribution in [0.25, 0.3) is 6.08 Å². The molecule has 1 aliphatic heterocycles. The van der Waals surface area contributed by atoms with Gasteiger partial charge in [-0.25, -0.2) is 13.2 Å². The molecule has 1 aliphatic rings. The van der Waals surface area contributed by atoms with Gasteiger partial charge < -0.3 is 19.1 Å². The fraction of sp³-hybridized carbons (Fsp3) is 0.500. The Kier molecular flexibility index (Phi) is 7.66. The van der Waals surface area contributed by atoms with E-state index in [0.717, 1.165) is 5.56 Å². The lowest BCUT2D eigenvalue weighted by molar-refractivity contribution is -0.160. The van der Waals surface area contributed by atoms with Gasteiger partial charge in [0.1, 0.15) is 0 Å². The highest BCUT2D eigenvalue weighted by atomic mass is 32.2. The molecule has 29 heavy (non-hydrogen) atoms. The summed E-state index contributed by atoms with van der Waals surface area (Å²) in [6.45, 7) is 2.96. The number of amides is 1. The summed E-state index contributed by atoms with van der Waals surface area (Å²) in [5.74, 6) is -0.315. The van der Waals surface area contributed by atoms with Crippen molar-refractivity contribution in [2.45, 2.75) is 32.4 Å². The van der Waals surface area contributed by atoms with Crippen LogP contribution < -0.4 is 9.47 Å². The number of carbonyl (C=O) groups excluding carboxylic acids is 2. The Morgan fingerprint density at radius 2 is 2.03 bits per heavy atom. The van der Waals surface area contributed by atoms with Gasteiger partial charge in [-0.1, -0.05) is 18.2 Å². The molecule has 0 saturated carbocycles. The van der Waals surface area contributed by atoms with E-state index in [1.54, 1.807) is 12.1 Å². The van der Waals surface area contributed by atoms with Crippen molar-refractivity contribution in [1.29, 1.82) is 0 Å². The van der Waals surface area contributed by atoms with Gasteiger partial charge in [-0.2, -0.15) is 0 Å². The molecule has 1 fully saturated rings. The molecule has 0 unspecified atom stereocenters. The van der Waals surface area contributed by atoms with Crippen LogP contribution in [0.2, 0.25) is 0 Å². The molecule has 2 rings (SSSR count). The molecule has 1 aromatic rings. The molecule has 1 saturated heterocycles. The number of allylic oxidation sites excluding steroid dienone is 1. The van der Waals surface area contributed by atoms with E-state index in [1.807, 2.05) is 25.1 Å². The number of hydrogen-bond acceptors (Lipinski definition) is 7. The lowest BCUT2D eigenvalue weighted by Crippen LogP contribution is -2.44. The zero-order chi connectivity index (χ0) is 21.6. The minimum absolute atomic E-state index is 0.0615. The summed E-state index contributed by atoms with van der Waals surface area (Å²) in [5.41, 5.74) is 0.926. The summed E-state index contributed by atoms with van der Waals surface area (Å²) in [4.78, 5) is 25.9. The average Bonchev–Trinajstić information content (AvgIpc) is 3.05. The van der Waals surface area contributed by atoms with Crippen LogP contribution in [0.4, 0.5) is 0 Å². The van der Waals surface area contributed by atoms with E-state index in [9.17, 15) is 18.0 Å². The van der Waals surface area contributed by atoms with Gasteiger partial charge in [-0.3, -0.25) is 4.79 Å². The summed E-state index contributed by atoms with van der Waals surface area (Å²) in [5, 5.41) is 0. The Hall–Kier alpha value is -2.55. The lowest BCUT2D eigenvalue weighted by atomic mass is 10.2. The number of sulfone groups is 1. The smallest absolute Gasteiger partial charge is 0.344 e. The van der Waals surface area contributed by atoms with Crippen LogP contribution in [0.5, 0.6) is 11.5 Å². The number of benzene rings is 1. The molecule has 0 N–H and O–H groups in total. The van der Waals surface area contributed by atoms with Crippen LogP contribution in [0.3, 0.4) is 0 Å². The second-order valence-electron chi connectivity index (χ2n) is 6.84. The average molecular weight is 426 g/mol. The van der Waals surface area contributed by atoms with E-state index < -0.39 is 40.5 Å². The fourth-order valence-corrected chi connectivity index (χ4v) is 4.84. The van der Waals surface area contributed by atoms with Crippen molar-refractivity contribution in [1.82, 2.24) is 4.90 Å².